The van der Waals surface area contributed by atoms with Crippen LogP contribution in [-0.2, 0) is 0 Å². The lowest BCUT2D eigenvalue weighted by molar-refractivity contribution is 0.101. The third-order valence-corrected chi connectivity index (χ3v) is 11.5. The van der Waals surface area contributed by atoms with Crippen molar-refractivity contribution in [1.29, 1.82) is 0 Å². The number of imidazole rings is 3. The number of fused-ring (bicyclic) bond motifs is 3. The van der Waals surface area contributed by atoms with E-state index in [1.165, 1.54) is 6.20 Å². The Kier molecular flexibility index (Phi) is 13.7. The van der Waals surface area contributed by atoms with E-state index in [2.05, 4.69) is 60.8 Å². The highest BCUT2D eigenvalue weighted by atomic mass is 16.2. The summed E-state index contributed by atoms with van der Waals surface area (Å²) >= 11 is 0. The molecule has 0 saturated carbocycles. The van der Waals surface area contributed by atoms with Gasteiger partial charge in [-0.3, -0.25) is 29.3 Å². The van der Waals surface area contributed by atoms with Crippen molar-refractivity contribution < 1.29 is 14.4 Å². The van der Waals surface area contributed by atoms with Crippen LogP contribution in [0.25, 0.3) is 67.3 Å². The molecule has 0 fully saturated rings. The molecule has 0 aliphatic carbocycles. The lowest BCUT2D eigenvalue weighted by Crippen LogP contribution is -2.13. The quantitative estimate of drug-likeness (QED) is 0.0611. The number of aromatic nitrogens is 9. The molecule has 6 aromatic heterocycles. The summed E-state index contributed by atoms with van der Waals surface area (Å²) in [6, 6.07) is 51.1. The summed E-state index contributed by atoms with van der Waals surface area (Å²) in [6.45, 7) is 0. The molecule has 0 aliphatic heterocycles. The second-order valence-electron chi connectivity index (χ2n) is 16.9. The van der Waals surface area contributed by atoms with Crippen LogP contribution in [0, 0.1) is 0 Å². The monoisotopic (exact) mass is 987 g/mol. The zero-order valence-electron chi connectivity index (χ0n) is 39.7. The highest BCUT2D eigenvalue weighted by Crippen LogP contribution is 2.27. The van der Waals surface area contributed by atoms with Gasteiger partial charge in [0, 0.05) is 87.4 Å². The summed E-state index contributed by atoms with van der Waals surface area (Å²) in [7, 11) is 0. The zero-order chi connectivity index (χ0) is 51.7. The van der Waals surface area contributed by atoms with Gasteiger partial charge < -0.3 is 48.1 Å². The molecule has 12 N–H and O–H groups in total. The molecule has 0 radical (unpaired) electrons. The highest BCUT2D eigenvalue weighted by Gasteiger charge is 2.13. The molecule has 75 heavy (non-hydrogen) atoms. The van der Waals surface area contributed by atoms with E-state index in [1.54, 1.807) is 67.3 Å². The average molecular weight is 988 g/mol. The highest BCUT2D eigenvalue weighted by molar-refractivity contribution is 6.06. The van der Waals surface area contributed by atoms with Gasteiger partial charge >= 0.3 is 0 Å². The SMILES string of the molecule is Nc1ccc(-c2nc3ccc(NC(=O)c4ccccn4)cc3[nH]2)cc1.Nc1ccc(-c2nc3ccc(NC(=O)c4cccnc4)cc3[nH]2)cc1.Nc1ccc(-c2nc3ccc(NC(=O)c4ccncc4)cc3[nH]2)cc1. The van der Waals surface area contributed by atoms with E-state index in [9.17, 15) is 14.4 Å². The fourth-order valence-electron chi connectivity index (χ4n) is 7.69. The van der Waals surface area contributed by atoms with Gasteiger partial charge in [-0.25, -0.2) is 15.0 Å². The van der Waals surface area contributed by atoms with Crippen LogP contribution in [0.15, 0.2) is 201 Å². The van der Waals surface area contributed by atoms with Crippen molar-refractivity contribution in [2.45, 2.75) is 0 Å². The van der Waals surface area contributed by atoms with E-state index in [0.29, 0.717) is 50.9 Å². The average Bonchev–Trinajstić information content (AvgIpc) is 4.20. The third kappa shape index (κ3) is 11.6. The summed E-state index contributed by atoms with van der Waals surface area (Å²) in [5.74, 6) is 1.63. The van der Waals surface area contributed by atoms with Crippen LogP contribution >= 0.6 is 0 Å². The summed E-state index contributed by atoms with van der Waals surface area (Å²) in [5.41, 5.74) is 30.6. The molecule has 0 saturated heterocycles. The number of nitrogen functional groups attached to an aromatic ring is 3. The lowest BCUT2D eigenvalue weighted by Gasteiger charge is -2.04. The van der Waals surface area contributed by atoms with Crippen LogP contribution in [0.2, 0.25) is 0 Å². The standard InChI is InChI=1S/3C19H15N5O/c20-14-3-1-12(2-4-14)18-23-16-6-5-15(11-17(16)24-18)22-19(25)13-7-9-21-10-8-13;20-14-5-3-12(4-6-14)18-23-16-8-7-15(10-17(16)24-18)22-19(25)13-2-1-9-21-11-13;20-13-6-4-12(5-7-13)18-23-15-9-8-14(11-17(15)24-18)22-19(25)16-3-1-2-10-21-16/h3*1-11H,20H2,(H,22,25)(H,23,24). The first kappa shape index (κ1) is 47.7. The number of nitrogens with zero attached hydrogens (tertiary/aromatic N) is 6. The van der Waals surface area contributed by atoms with Crippen LogP contribution < -0.4 is 33.2 Å². The van der Waals surface area contributed by atoms with Gasteiger partial charge in [0.15, 0.2) is 0 Å². The van der Waals surface area contributed by atoms with Gasteiger partial charge in [-0.1, -0.05) is 6.07 Å². The Morgan fingerprint density at radius 3 is 1.21 bits per heavy atom. The van der Waals surface area contributed by atoms with Gasteiger partial charge in [0.05, 0.1) is 38.7 Å². The minimum absolute atomic E-state index is 0.181. The number of amides is 3. The molecular formula is C57H45N15O3. The van der Waals surface area contributed by atoms with Gasteiger partial charge in [0.25, 0.3) is 17.7 Å². The van der Waals surface area contributed by atoms with Crippen LogP contribution in [-0.4, -0.2) is 62.6 Å². The van der Waals surface area contributed by atoms with Gasteiger partial charge in [-0.15, -0.1) is 0 Å². The maximum Gasteiger partial charge on any atom is 0.274 e. The van der Waals surface area contributed by atoms with Gasteiger partial charge in [-0.05, 0) is 164 Å². The Labute approximate surface area is 427 Å². The Morgan fingerprint density at radius 2 is 0.813 bits per heavy atom. The Hall–Kier alpha value is -11.0. The van der Waals surface area contributed by atoms with Crippen LogP contribution in [0.4, 0.5) is 34.1 Å². The van der Waals surface area contributed by atoms with Gasteiger partial charge in [0.1, 0.15) is 23.2 Å². The molecule has 366 valence electrons. The van der Waals surface area contributed by atoms with Crippen molar-refractivity contribution in [3.8, 4) is 34.2 Å². The van der Waals surface area contributed by atoms with Crippen molar-refractivity contribution >= 4 is 84.9 Å². The lowest BCUT2D eigenvalue weighted by atomic mass is 10.2. The van der Waals surface area contributed by atoms with E-state index in [-0.39, 0.29) is 17.7 Å². The van der Waals surface area contributed by atoms with Crippen LogP contribution in [0.3, 0.4) is 0 Å². The fourth-order valence-corrected chi connectivity index (χ4v) is 7.69. The molecule has 12 rings (SSSR count). The van der Waals surface area contributed by atoms with E-state index >= 15 is 0 Å². The number of nitrogens with two attached hydrogens (primary N) is 3. The van der Waals surface area contributed by atoms with E-state index < -0.39 is 0 Å². The Balaban J connectivity index is 0.000000128. The van der Waals surface area contributed by atoms with Crippen molar-refractivity contribution in [3.63, 3.8) is 0 Å². The molecule has 0 unspecified atom stereocenters. The number of H-pyrrole nitrogens is 3. The first-order valence-electron chi connectivity index (χ1n) is 23.3. The number of carbonyl (C=O) groups is 3. The number of hydrogen-bond acceptors (Lipinski definition) is 12. The number of carbonyl (C=O) groups excluding carboxylic acids is 3. The molecule has 18 nitrogen and oxygen atoms in total. The number of hydrogen-bond donors (Lipinski definition) is 9. The zero-order valence-corrected chi connectivity index (χ0v) is 39.7. The molecule has 6 aromatic carbocycles. The van der Waals surface area contributed by atoms with E-state index in [1.807, 2.05) is 127 Å². The Morgan fingerprint density at radius 1 is 0.387 bits per heavy atom. The van der Waals surface area contributed by atoms with Gasteiger partial charge in [0.2, 0.25) is 0 Å². The Bertz CT molecular complexity index is 3530. The molecule has 0 aliphatic rings. The summed E-state index contributed by atoms with van der Waals surface area (Å²) < 4.78 is 0. The maximum absolute atomic E-state index is 12.2. The summed E-state index contributed by atoms with van der Waals surface area (Å²) in [6.07, 6.45) is 7.93. The third-order valence-electron chi connectivity index (χ3n) is 11.5. The van der Waals surface area contributed by atoms with E-state index in [0.717, 1.165) is 67.3 Å². The number of aromatic amines is 3. The van der Waals surface area contributed by atoms with Crippen molar-refractivity contribution in [2.75, 3.05) is 33.2 Å². The number of nitrogens with one attached hydrogen (secondary N) is 6. The van der Waals surface area contributed by atoms with Crippen molar-refractivity contribution in [2.24, 2.45) is 0 Å². The fraction of sp³-hybridized carbons (Fsp3) is 0. The second kappa shape index (κ2) is 21.5. The first-order valence-corrected chi connectivity index (χ1v) is 23.3. The number of rotatable bonds is 9. The van der Waals surface area contributed by atoms with E-state index in [4.69, 9.17) is 17.2 Å². The summed E-state index contributed by atoms with van der Waals surface area (Å²) in [5, 5.41) is 8.58. The maximum atomic E-state index is 12.2. The molecule has 0 spiro atoms. The van der Waals surface area contributed by atoms with Crippen LogP contribution in [0.1, 0.15) is 31.2 Å². The molecule has 12 aromatic rings. The van der Waals surface area contributed by atoms with Crippen molar-refractivity contribution in [3.05, 3.63) is 218 Å². The molecule has 0 atom stereocenters. The normalized spacial score (nSPS) is 10.7. The largest absolute Gasteiger partial charge is 0.399 e. The topological polar surface area (TPSA) is 290 Å². The molecule has 0 bridgehead atoms. The molecule has 18 heteroatoms. The van der Waals surface area contributed by atoms with Gasteiger partial charge in [-0.2, -0.15) is 0 Å². The number of pyridine rings is 3. The number of benzene rings is 6. The van der Waals surface area contributed by atoms with Crippen LogP contribution in [0.5, 0.6) is 0 Å². The van der Waals surface area contributed by atoms with Crippen molar-refractivity contribution in [1.82, 2.24) is 44.9 Å². The first-order chi connectivity index (χ1) is 36.6. The smallest absolute Gasteiger partial charge is 0.274 e. The molecule has 3 amide bonds. The second-order valence-corrected chi connectivity index (χ2v) is 16.9. The molecule has 6 heterocycles. The summed E-state index contributed by atoms with van der Waals surface area (Å²) in [4.78, 5) is 72.1. The predicted octanol–water partition coefficient (Wildman–Crippen LogP) is 10.4. The number of anilines is 6. The minimum atomic E-state index is -0.252. The minimum Gasteiger partial charge on any atom is -0.399 e. The predicted molar refractivity (Wildman–Crippen MR) is 294 cm³/mol. The molecular weight excluding hydrogens is 943 g/mol.